The van der Waals surface area contributed by atoms with Crippen molar-refractivity contribution in [1.82, 2.24) is 4.57 Å². The van der Waals surface area contributed by atoms with Gasteiger partial charge in [0.2, 0.25) is 0 Å². The third-order valence-electron chi connectivity index (χ3n) is 14.7. The van der Waals surface area contributed by atoms with Crippen LogP contribution < -0.4 is 4.90 Å². The molecule has 12 aromatic rings. The van der Waals surface area contributed by atoms with Crippen LogP contribution in [0.4, 0.5) is 17.1 Å². The van der Waals surface area contributed by atoms with Crippen molar-refractivity contribution in [3.8, 4) is 50.2 Å². The third-order valence-corrected chi connectivity index (χ3v) is 14.7. The second-order valence-electron chi connectivity index (χ2n) is 21.3. The summed E-state index contributed by atoms with van der Waals surface area (Å²) >= 11 is 0. The average Bonchev–Trinajstić information content (AvgIpc) is 3.74. The first-order valence-electron chi connectivity index (χ1n) is 25.3. The molecule has 2 heteroatoms. The van der Waals surface area contributed by atoms with Gasteiger partial charge in [-0.25, -0.2) is 0 Å². The minimum Gasteiger partial charge on any atom is -0.309 e. The topological polar surface area (TPSA) is 8.17 Å². The molecule has 348 valence electrons. The minimum atomic E-state index is -0.0235. The lowest BCUT2D eigenvalue weighted by Gasteiger charge is -2.31. The molecule has 0 radical (unpaired) electrons. The van der Waals surface area contributed by atoms with Crippen molar-refractivity contribution in [2.24, 2.45) is 0 Å². The average molecular weight is 927 g/mol. The van der Waals surface area contributed by atoms with Gasteiger partial charge in [-0.3, -0.25) is 0 Å². The molecule has 0 fully saturated rings. The van der Waals surface area contributed by atoms with Crippen LogP contribution in [0.1, 0.15) is 52.7 Å². The van der Waals surface area contributed by atoms with Crippen LogP contribution in [0.25, 0.3) is 93.5 Å². The van der Waals surface area contributed by atoms with Gasteiger partial charge in [0, 0.05) is 33.3 Å². The Hall–Kier alpha value is -8.46. The molecule has 0 amide bonds. The summed E-state index contributed by atoms with van der Waals surface area (Å²) in [4.78, 5) is 2.53. The second-order valence-corrected chi connectivity index (χ2v) is 21.3. The number of hydrogen-bond donors (Lipinski definition) is 0. The first-order chi connectivity index (χ1) is 35.0. The summed E-state index contributed by atoms with van der Waals surface area (Å²) in [6.07, 6.45) is 0. The van der Waals surface area contributed by atoms with Crippen molar-refractivity contribution in [3.63, 3.8) is 0 Å². The molecule has 0 saturated carbocycles. The number of benzene rings is 11. The molecule has 0 aliphatic carbocycles. The highest BCUT2D eigenvalue weighted by molar-refractivity contribution is 6.14. The number of rotatable bonds is 8. The van der Waals surface area contributed by atoms with Crippen LogP contribution in [0.5, 0.6) is 0 Å². The maximum absolute atomic E-state index is 2.53. The molecule has 2 nitrogen and oxygen atoms in total. The van der Waals surface area contributed by atoms with E-state index in [1.807, 2.05) is 0 Å². The zero-order valence-electron chi connectivity index (χ0n) is 42.0. The Morgan fingerprint density at radius 1 is 0.319 bits per heavy atom. The lowest BCUT2D eigenvalue weighted by atomic mass is 9.78. The standard InChI is InChI=1S/C70H58N2/c1-69(2,3)51-43-50(44-52(45-51)70(4,5)6)56-35-20-26-49-28-22-37-61(68(49)56)58-32-14-17-39-64(58)72(54-41-42-66-62(46-54)59-33-15-18-40-65(59)71(66)53-29-11-8-12-30-53)63-38-16-13-31-57(63)60-36-21-27-48-25-19-34-55(67(48)60)47-23-9-7-10-24-47/h7-46H,1-6H3. The van der Waals surface area contributed by atoms with E-state index in [0.717, 1.165) is 33.9 Å². The Balaban J connectivity index is 1.15. The largest absolute Gasteiger partial charge is 0.309 e. The molecule has 0 unspecified atom stereocenters. The maximum Gasteiger partial charge on any atom is 0.0542 e. The summed E-state index contributed by atoms with van der Waals surface area (Å²) in [5.41, 5.74) is 19.0. The van der Waals surface area contributed by atoms with Crippen LogP contribution in [0.15, 0.2) is 243 Å². The van der Waals surface area contributed by atoms with Crippen molar-refractivity contribution >= 4 is 60.4 Å². The van der Waals surface area contributed by atoms with E-state index in [4.69, 9.17) is 0 Å². The number of para-hydroxylation sites is 4. The molecule has 12 rings (SSSR count). The smallest absolute Gasteiger partial charge is 0.0542 e. The molecule has 0 aliphatic rings. The lowest BCUT2D eigenvalue weighted by Crippen LogP contribution is -2.16. The number of anilines is 3. The van der Waals surface area contributed by atoms with E-state index in [1.165, 1.54) is 87.9 Å². The number of nitrogens with zero attached hydrogens (tertiary/aromatic N) is 2. The molecule has 0 bridgehead atoms. The number of fused-ring (bicyclic) bond motifs is 5. The van der Waals surface area contributed by atoms with Crippen LogP contribution in [0, 0.1) is 0 Å². The van der Waals surface area contributed by atoms with Gasteiger partial charge in [-0.05, 0) is 125 Å². The quantitative estimate of drug-likeness (QED) is 0.147. The fraction of sp³-hybridized carbons (Fsp3) is 0.114. The molecule has 0 aliphatic heterocycles. The molecule has 0 N–H and O–H groups in total. The summed E-state index contributed by atoms with van der Waals surface area (Å²) in [6, 6.07) is 90.0. The fourth-order valence-electron chi connectivity index (χ4n) is 11.0. The fourth-order valence-corrected chi connectivity index (χ4v) is 11.0. The predicted molar refractivity (Wildman–Crippen MR) is 310 cm³/mol. The Labute approximate surface area is 424 Å². The SMILES string of the molecule is CC(C)(C)c1cc(-c2cccc3cccc(-c4ccccc4N(c4ccc5c(c4)c4ccccc4n5-c4ccccc4)c4ccccc4-c4cccc5cccc(-c6ccccc6)c45)c23)cc(C(C)(C)C)c1. The highest BCUT2D eigenvalue weighted by atomic mass is 15.1. The van der Waals surface area contributed by atoms with Gasteiger partial charge in [-0.15, -0.1) is 0 Å². The summed E-state index contributed by atoms with van der Waals surface area (Å²) in [5, 5.41) is 7.31. The van der Waals surface area contributed by atoms with Gasteiger partial charge < -0.3 is 9.47 Å². The van der Waals surface area contributed by atoms with E-state index < -0.39 is 0 Å². The predicted octanol–water partition coefficient (Wildman–Crippen LogP) is 19.8. The van der Waals surface area contributed by atoms with Crippen LogP contribution in [-0.2, 0) is 10.8 Å². The zero-order valence-corrected chi connectivity index (χ0v) is 42.0. The van der Waals surface area contributed by atoms with Crippen LogP contribution in [0.3, 0.4) is 0 Å². The summed E-state index contributed by atoms with van der Waals surface area (Å²) in [5.74, 6) is 0. The Bertz CT molecular complexity index is 3950. The van der Waals surface area contributed by atoms with E-state index >= 15 is 0 Å². The Morgan fingerprint density at radius 3 is 1.32 bits per heavy atom. The zero-order chi connectivity index (χ0) is 49.1. The van der Waals surface area contributed by atoms with Crippen LogP contribution in [0.2, 0.25) is 0 Å². The molecular weight excluding hydrogens is 869 g/mol. The molecule has 0 spiro atoms. The third kappa shape index (κ3) is 7.85. The summed E-state index contributed by atoms with van der Waals surface area (Å²) in [6.45, 7) is 14.0. The van der Waals surface area contributed by atoms with Crippen LogP contribution in [-0.4, -0.2) is 4.57 Å². The van der Waals surface area contributed by atoms with E-state index in [9.17, 15) is 0 Å². The van der Waals surface area contributed by atoms with Crippen LogP contribution >= 0.6 is 0 Å². The van der Waals surface area contributed by atoms with Gasteiger partial charge in [0.05, 0.1) is 22.4 Å². The number of hydrogen-bond acceptors (Lipinski definition) is 1. The Morgan fingerprint density at radius 2 is 0.764 bits per heavy atom. The van der Waals surface area contributed by atoms with E-state index in [1.54, 1.807) is 0 Å². The highest BCUT2D eigenvalue weighted by Gasteiger charge is 2.26. The molecule has 1 aromatic heterocycles. The maximum atomic E-state index is 2.53. The molecule has 72 heavy (non-hydrogen) atoms. The van der Waals surface area contributed by atoms with E-state index in [0.29, 0.717) is 0 Å². The molecular formula is C70H58N2. The monoisotopic (exact) mass is 926 g/mol. The van der Waals surface area contributed by atoms with Crippen molar-refractivity contribution in [1.29, 1.82) is 0 Å². The van der Waals surface area contributed by atoms with Crippen molar-refractivity contribution in [2.45, 2.75) is 52.4 Å². The highest BCUT2D eigenvalue weighted by Crippen LogP contribution is 2.50. The molecule has 1 heterocycles. The first kappa shape index (κ1) is 44.7. The normalized spacial score (nSPS) is 12.0. The summed E-state index contributed by atoms with van der Waals surface area (Å²) in [7, 11) is 0. The lowest BCUT2D eigenvalue weighted by molar-refractivity contribution is 0.569. The van der Waals surface area contributed by atoms with Gasteiger partial charge in [0.25, 0.3) is 0 Å². The van der Waals surface area contributed by atoms with Gasteiger partial charge >= 0.3 is 0 Å². The van der Waals surface area contributed by atoms with Crippen molar-refractivity contribution in [3.05, 3.63) is 254 Å². The number of aromatic nitrogens is 1. The molecule has 0 atom stereocenters. The van der Waals surface area contributed by atoms with Crippen molar-refractivity contribution < 1.29 is 0 Å². The molecule has 0 saturated heterocycles. The van der Waals surface area contributed by atoms with Gasteiger partial charge in [0.15, 0.2) is 0 Å². The molecule has 11 aromatic carbocycles. The second kappa shape index (κ2) is 17.7. The first-order valence-corrected chi connectivity index (χ1v) is 25.3. The van der Waals surface area contributed by atoms with Gasteiger partial charge in [-0.1, -0.05) is 236 Å². The summed E-state index contributed by atoms with van der Waals surface area (Å²) < 4.78 is 2.40. The van der Waals surface area contributed by atoms with E-state index in [2.05, 4.69) is 294 Å². The van der Waals surface area contributed by atoms with Crippen molar-refractivity contribution in [2.75, 3.05) is 4.90 Å². The minimum absolute atomic E-state index is 0.0235. The van der Waals surface area contributed by atoms with Gasteiger partial charge in [-0.2, -0.15) is 0 Å². The van der Waals surface area contributed by atoms with E-state index in [-0.39, 0.29) is 10.8 Å². The van der Waals surface area contributed by atoms with Gasteiger partial charge in [0.1, 0.15) is 0 Å². The Kier molecular flexibility index (Phi) is 11.0.